The Bertz CT molecular complexity index is 389. The van der Waals surface area contributed by atoms with Gasteiger partial charge in [-0.2, -0.15) is 0 Å². The number of rotatable bonds is 6. The molecule has 0 unspecified atom stereocenters. The van der Waals surface area contributed by atoms with Gasteiger partial charge >= 0.3 is 0 Å². The minimum atomic E-state index is -0.599. The molecule has 0 radical (unpaired) electrons. The molecule has 6 heteroatoms. The molecule has 0 saturated heterocycles. The number of amides is 1. The molecule has 0 fully saturated rings. The van der Waals surface area contributed by atoms with Crippen LogP contribution in [0.2, 0.25) is 0 Å². The molecule has 17 heavy (non-hydrogen) atoms. The topological polar surface area (TPSA) is 98.1 Å². The fraction of sp³-hybridized carbons (Fsp3) is 0.545. The Labute approximate surface area is 101 Å². The maximum Gasteiger partial charge on any atom is 0.254 e. The van der Waals surface area contributed by atoms with Crippen molar-refractivity contribution < 1.29 is 4.79 Å². The number of carbonyl (C=O) groups is 1. The predicted molar refractivity (Wildman–Crippen MR) is 66.5 cm³/mol. The predicted octanol–water partition coefficient (Wildman–Crippen LogP) is 0.0420. The lowest BCUT2D eigenvalue weighted by molar-refractivity contribution is 0.100. The van der Waals surface area contributed by atoms with Crippen molar-refractivity contribution in [3.05, 3.63) is 17.6 Å². The minimum absolute atomic E-state index is 0.155. The quantitative estimate of drug-likeness (QED) is 0.728. The Morgan fingerprint density at radius 3 is 2.53 bits per heavy atom. The van der Waals surface area contributed by atoms with Crippen LogP contribution in [0.1, 0.15) is 30.0 Å². The summed E-state index contributed by atoms with van der Waals surface area (Å²) in [6, 6.07) is 0. The first-order valence-electron chi connectivity index (χ1n) is 5.72. The largest absolute Gasteiger partial charge is 0.383 e. The second-order valence-electron chi connectivity index (χ2n) is 3.73. The Kier molecular flexibility index (Phi) is 4.84. The van der Waals surface area contributed by atoms with E-state index >= 15 is 0 Å². The number of anilines is 1. The average Bonchev–Trinajstić information content (AvgIpc) is 2.30. The van der Waals surface area contributed by atoms with E-state index in [1.165, 1.54) is 6.20 Å². The average molecular weight is 237 g/mol. The van der Waals surface area contributed by atoms with Crippen molar-refractivity contribution >= 4 is 11.7 Å². The van der Waals surface area contributed by atoms with Gasteiger partial charge in [-0.1, -0.05) is 13.8 Å². The third kappa shape index (κ3) is 3.67. The molecule has 1 amide bonds. The normalized spacial score (nSPS) is 10.8. The number of nitrogens with zero attached hydrogens (tertiary/aromatic N) is 3. The highest BCUT2D eigenvalue weighted by Crippen LogP contribution is 2.06. The van der Waals surface area contributed by atoms with Gasteiger partial charge in [0.15, 0.2) is 0 Å². The number of hydrogen-bond donors (Lipinski definition) is 2. The number of hydrogen-bond acceptors (Lipinski definition) is 5. The molecule has 4 N–H and O–H groups in total. The van der Waals surface area contributed by atoms with E-state index in [0.717, 1.165) is 19.6 Å². The van der Waals surface area contributed by atoms with Crippen LogP contribution in [0.5, 0.6) is 0 Å². The molecule has 6 nitrogen and oxygen atoms in total. The molecule has 1 aromatic rings. The number of aromatic nitrogens is 2. The first-order chi connectivity index (χ1) is 8.08. The van der Waals surface area contributed by atoms with Gasteiger partial charge in [-0.25, -0.2) is 9.97 Å². The lowest BCUT2D eigenvalue weighted by Gasteiger charge is -2.17. The first-order valence-corrected chi connectivity index (χ1v) is 5.72. The molecule has 0 aliphatic carbocycles. The zero-order valence-electron chi connectivity index (χ0n) is 10.3. The van der Waals surface area contributed by atoms with Crippen LogP contribution in [0.15, 0.2) is 6.20 Å². The monoisotopic (exact) mass is 237 g/mol. The van der Waals surface area contributed by atoms with Crippen molar-refractivity contribution in [2.75, 3.05) is 25.4 Å². The molecule has 1 aromatic heterocycles. The summed E-state index contributed by atoms with van der Waals surface area (Å²) in [5, 5.41) is 0. The molecule has 1 heterocycles. The SMILES string of the molecule is CCN(CC)CCc1ncc(C(N)=O)c(N)n1. The van der Waals surface area contributed by atoms with E-state index in [1.54, 1.807) is 0 Å². The van der Waals surface area contributed by atoms with E-state index in [1.807, 2.05) is 0 Å². The van der Waals surface area contributed by atoms with Gasteiger partial charge in [0.1, 0.15) is 11.6 Å². The van der Waals surface area contributed by atoms with Crippen molar-refractivity contribution in [2.24, 2.45) is 5.73 Å². The molecule has 1 rings (SSSR count). The number of likely N-dealkylation sites (N-methyl/N-ethyl adjacent to an activating group) is 1. The van der Waals surface area contributed by atoms with Crippen molar-refractivity contribution in [1.29, 1.82) is 0 Å². The second kappa shape index (κ2) is 6.15. The summed E-state index contributed by atoms with van der Waals surface area (Å²) in [5.74, 6) is 0.194. The van der Waals surface area contributed by atoms with Crippen LogP contribution >= 0.6 is 0 Å². The molecular formula is C11H19N5O. The Balaban J connectivity index is 2.67. The summed E-state index contributed by atoms with van der Waals surface area (Å²) < 4.78 is 0. The van der Waals surface area contributed by atoms with Crippen molar-refractivity contribution in [3.63, 3.8) is 0 Å². The van der Waals surface area contributed by atoms with Crippen LogP contribution in [0.4, 0.5) is 5.82 Å². The number of carbonyl (C=O) groups excluding carboxylic acids is 1. The Morgan fingerprint density at radius 1 is 1.41 bits per heavy atom. The van der Waals surface area contributed by atoms with Gasteiger partial charge in [0.2, 0.25) is 0 Å². The third-order valence-corrected chi connectivity index (χ3v) is 2.68. The first kappa shape index (κ1) is 13.4. The summed E-state index contributed by atoms with van der Waals surface area (Å²) in [6.45, 7) is 7.07. The zero-order valence-corrected chi connectivity index (χ0v) is 10.3. The molecule has 0 atom stereocenters. The lowest BCUT2D eigenvalue weighted by atomic mass is 10.3. The summed E-state index contributed by atoms with van der Waals surface area (Å²) >= 11 is 0. The van der Waals surface area contributed by atoms with Gasteiger partial charge in [0.05, 0.1) is 5.56 Å². The van der Waals surface area contributed by atoms with Crippen LogP contribution < -0.4 is 11.5 Å². The van der Waals surface area contributed by atoms with E-state index in [-0.39, 0.29) is 11.4 Å². The molecule has 94 valence electrons. The van der Waals surface area contributed by atoms with E-state index in [0.29, 0.717) is 12.2 Å². The van der Waals surface area contributed by atoms with Gasteiger partial charge in [-0.15, -0.1) is 0 Å². The van der Waals surface area contributed by atoms with Crippen LogP contribution in [0, 0.1) is 0 Å². The number of primary amides is 1. The van der Waals surface area contributed by atoms with Crippen LogP contribution in [0.3, 0.4) is 0 Å². The lowest BCUT2D eigenvalue weighted by Crippen LogP contribution is -2.26. The van der Waals surface area contributed by atoms with Crippen LogP contribution in [0.25, 0.3) is 0 Å². The summed E-state index contributed by atoms with van der Waals surface area (Å²) in [5.41, 5.74) is 10.9. The fourth-order valence-corrected chi connectivity index (χ4v) is 1.54. The maximum atomic E-state index is 10.9. The molecule has 0 bridgehead atoms. The summed E-state index contributed by atoms with van der Waals surface area (Å²) in [4.78, 5) is 21.4. The molecule has 0 aliphatic heterocycles. The summed E-state index contributed by atoms with van der Waals surface area (Å²) in [7, 11) is 0. The molecule has 0 saturated carbocycles. The fourth-order valence-electron chi connectivity index (χ4n) is 1.54. The van der Waals surface area contributed by atoms with Crippen LogP contribution in [-0.4, -0.2) is 40.4 Å². The van der Waals surface area contributed by atoms with E-state index in [4.69, 9.17) is 11.5 Å². The smallest absolute Gasteiger partial charge is 0.254 e. The van der Waals surface area contributed by atoms with Gasteiger partial charge in [0.25, 0.3) is 5.91 Å². The maximum absolute atomic E-state index is 10.9. The molecular weight excluding hydrogens is 218 g/mol. The van der Waals surface area contributed by atoms with E-state index in [9.17, 15) is 4.79 Å². The molecule has 0 aliphatic rings. The van der Waals surface area contributed by atoms with Crippen molar-refractivity contribution in [2.45, 2.75) is 20.3 Å². The highest BCUT2D eigenvalue weighted by atomic mass is 16.1. The van der Waals surface area contributed by atoms with Crippen molar-refractivity contribution in [1.82, 2.24) is 14.9 Å². The second-order valence-corrected chi connectivity index (χ2v) is 3.73. The van der Waals surface area contributed by atoms with Gasteiger partial charge in [0, 0.05) is 19.2 Å². The Hall–Kier alpha value is -1.69. The Morgan fingerprint density at radius 2 is 2.06 bits per heavy atom. The van der Waals surface area contributed by atoms with E-state index < -0.39 is 5.91 Å². The third-order valence-electron chi connectivity index (χ3n) is 2.68. The van der Waals surface area contributed by atoms with Gasteiger partial charge < -0.3 is 16.4 Å². The number of nitrogens with two attached hydrogens (primary N) is 2. The van der Waals surface area contributed by atoms with Crippen LogP contribution in [-0.2, 0) is 6.42 Å². The molecule has 0 spiro atoms. The molecule has 0 aromatic carbocycles. The van der Waals surface area contributed by atoms with E-state index in [2.05, 4.69) is 28.7 Å². The minimum Gasteiger partial charge on any atom is -0.383 e. The summed E-state index contributed by atoms with van der Waals surface area (Å²) in [6.07, 6.45) is 2.10. The highest BCUT2D eigenvalue weighted by molar-refractivity contribution is 5.96. The zero-order chi connectivity index (χ0) is 12.8. The highest BCUT2D eigenvalue weighted by Gasteiger charge is 2.09. The number of nitrogen functional groups attached to an aromatic ring is 1. The van der Waals surface area contributed by atoms with Gasteiger partial charge in [-0.3, -0.25) is 4.79 Å². The standard InChI is InChI=1S/C11H19N5O/c1-3-16(4-2)6-5-9-14-7-8(11(13)17)10(12)15-9/h7H,3-6H2,1-2H3,(H2,13,17)(H2,12,14,15). The van der Waals surface area contributed by atoms with Crippen molar-refractivity contribution in [3.8, 4) is 0 Å². The van der Waals surface area contributed by atoms with Gasteiger partial charge in [-0.05, 0) is 13.1 Å².